The van der Waals surface area contributed by atoms with Gasteiger partial charge in [0.2, 0.25) is 0 Å². The van der Waals surface area contributed by atoms with Gasteiger partial charge < -0.3 is 5.11 Å². The predicted molar refractivity (Wildman–Crippen MR) is 79.1 cm³/mol. The van der Waals surface area contributed by atoms with Crippen molar-refractivity contribution in [3.05, 3.63) is 36.3 Å². The molecule has 20 heavy (non-hydrogen) atoms. The summed E-state index contributed by atoms with van der Waals surface area (Å²) in [6, 6.07) is 3.92. The lowest BCUT2D eigenvalue weighted by atomic mass is 10.1. The summed E-state index contributed by atoms with van der Waals surface area (Å²) in [4.78, 5) is 6.24. The van der Waals surface area contributed by atoms with E-state index in [0.717, 1.165) is 23.4 Å². The van der Waals surface area contributed by atoms with Gasteiger partial charge in [-0.3, -0.25) is 14.6 Å². The Bertz CT molecular complexity index is 557. The Kier molecular flexibility index (Phi) is 4.20. The van der Waals surface area contributed by atoms with Crippen molar-refractivity contribution in [2.75, 3.05) is 13.6 Å². The zero-order valence-electron chi connectivity index (χ0n) is 12.5. The summed E-state index contributed by atoms with van der Waals surface area (Å²) < 4.78 is 1.82. The molecule has 2 aromatic rings. The lowest BCUT2D eigenvalue weighted by molar-refractivity contribution is 0.0425. The topological polar surface area (TPSA) is 54.2 Å². The van der Waals surface area contributed by atoms with Crippen molar-refractivity contribution in [1.29, 1.82) is 0 Å². The zero-order valence-corrected chi connectivity index (χ0v) is 12.5. The van der Waals surface area contributed by atoms with Gasteiger partial charge in [0.05, 0.1) is 11.3 Å². The lowest BCUT2D eigenvalue weighted by Crippen LogP contribution is -2.35. The summed E-state index contributed by atoms with van der Waals surface area (Å²) in [6.07, 6.45) is 5.59. The number of hydrogen-bond donors (Lipinski definition) is 1. The van der Waals surface area contributed by atoms with Gasteiger partial charge in [0.25, 0.3) is 0 Å². The van der Waals surface area contributed by atoms with Gasteiger partial charge in [-0.15, -0.1) is 0 Å². The van der Waals surface area contributed by atoms with Crippen LogP contribution < -0.4 is 0 Å². The van der Waals surface area contributed by atoms with Gasteiger partial charge in [0.15, 0.2) is 0 Å². The standard InChI is InChI=1S/C15H22N4O/c1-15(2,20)11-18(3)9-13-10-19(4)17-14(13)12-6-5-7-16-8-12/h5-8,10,20H,9,11H2,1-4H3. The molecule has 0 radical (unpaired) electrons. The predicted octanol–water partition coefficient (Wildman–Crippen LogP) is 1.68. The maximum atomic E-state index is 9.89. The first-order valence-electron chi connectivity index (χ1n) is 6.69. The minimum atomic E-state index is -0.703. The first-order valence-corrected chi connectivity index (χ1v) is 6.69. The molecular weight excluding hydrogens is 252 g/mol. The van der Waals surface area contributed by atoms with E-state index in [1.807, 2.05) is 57.2 Å². The van der Waals surface area contributed by atoms with E-state index >= 15 is 0 Å². The van der Waals surface area contributed by atoms with E-state index in [2.05, 4.69) is 15.0 Å². The number of rotatable bonds is 5. The molecule has 108 valence electrons. The molecule has 2 heterocycles. The average Bonchev–Trinajstić information content (AvgIpc) is 2.68. The van der Waals surface area contributed by atoms with Crippen molar-refractivity contribution in [2.45, 2.75) is 26.0 Å². The van der Waals surface area contributed by atoms with Gasteiger partial charge in [0.1, 0.15) is 0 Å². The van der Waals surface area contributed by atoms with Crippen LogP contribution in [0.2, 0.25) is 0 Å². The first-order chi connectivity index (χ1) is 9.35. The van der Waals surface area contributed by atoms with Gasteiger partial charge in [-0.2, -0.15) is 5.10 Å². The Morgan fingerprint density at radius 3 is 2.75 bits per heavy atom. The number of nitrogens with zero attached hydrogens (tertiary/aromatic N) is 4. The molecule has 0 fully saturated rings. The molecule has 2 rings (SSSR count). The number of likely N-dealkylation sites (N-methyl/N-ethyl adjacent to an activating group) is 1. The van der Waals surface area contributed by atoms with E-state index in [1.54, 1.807) is 6.20 Å². The molecule has 0 spiro atoms. The highest BCUT2D eigenvalue weighted by Gasteiger charge is 2.18. The lowest BCUT2D eigenvalue weighted by Gasteiger charge is -2.25. The van der Waals surface area contributed by atoms with Crippen molar-refractivity contribution in [2.24, 2.45) is 7.05 Å². The number of aromatic nitrogens is 3. The van der Waals surface area contributed by atoms with Crippen molar-refractivity contribution in [3.8, 4) is 11.3 Å². The van der Waals surface area contributed by atoms with Crippen LogP contribution in [0.4, 0.5) is 0 Å². The smallest absolute Gasteiger partial charge is 0.0983 e. The Labute approximate surface area is 119 Å². The molecule has 0 aliphatic rings. The molecule has 1 N–H and O–H groups in total. The molecule has 5 heteroatoms. The summed E-state index contributed by atoms with van der Waals surface area (Å²) >= 11 is 0. The molecule has 0 aliphatic carbocycles. The highest BCUT2D eigenvalue weighted by molar-refractivity contribution is 5.61. The third-order valence-corrected chi connectivity index (χ3v) is 2.94. The molecule has 0 saturated carbocycles. The Morgan fingerprint density at radius 1 is 1.40 bits per heavy atom. The SMILES string of the molecule is CN(Cc1cn(C)nc1-c1cccnc1)CC(C)(C)O. The molecule has 0 aliphatic heterocycles. The fourth-order valence-electron chi connectivity index (χ4n) is 2.41. The number of pyridine rings is 1. The molecule has 0 unspecified atom stereocenters. The van der Waals surface area contributed by atoms with Gasteiger partial charge in [-0.05, 0) is 33.0 Å². The van der Waals surface area contributed by atoms with Crippen LogP contribution in [0.1, 0.15) is 19.4 Å². The van der Waals surface area contributed by atoms with E-state index in [4.69, 9.17) is 0 Å². The molecule has 2 aromatic heterocycles. The summed E-state index contributed by atoms with van der Waals surface area (Å²) in [5.41, 5.74) is 2.39. The Hall–Kier alpha value is -1.72. The fourth-order valence-corrected chi connectivity index (χ4v) is 2.41. The van der Waals surface area contributed by atoms with Gasteiger partial charge in [0, 0.05) is 49.9 Å². The molecule has 5 nitrogen and oxygen atoms in total. The largest absolute Gasteiger partial charge is 0.389 e. The normalized spacial score (nSPS) is 12.1. The minimum absolute atomic E-state index is 0.606. The zero-order chi connectivity index (χ0) is 14.8. The van der Waals surface area contributed by atoms with Crippen molar-refractivity contribution in [1.82, 2.24) is 19.7 Å². The fraction of sp³-hybridized carbons (Fsp3) is 0.467. The number of aliphatic hydroxyl groups is 1. The minimum Gasteiger partial charge on any atom is -0.389 e. The van der Waals surface area contributed by atoms with Crippen molar-refractivity contribution in [3.63, 3.8) is 0 Å². The van der Waals surface area contributed by atoms with Gasteiger partial charge >= 0.3 is 0 Å². The van der Waals surface area contributed by atoms with Crippen LogP contribution in [-0.4, -0.2) is 44.0 Å². The number of hydrogen-bond acceptors (Lipinski definition) is 4. The monoisotopic (exact) mass is 274 g/mol. The summed E-state index contributed by atoms with van der Waals surface area (Å²) in [6.45, 7) is 4.97. The van der Waals surface area contributed by atoms with Crippen LogP contribution in [0, 0.1) is 0 Å². The second kappa shape index (κ2) is 5.73. The Morgan fingerprint density at radius 2 is 2.15 bits per heavy atom. The third kappa shape index (κ3) is 3.88. The molecule has 0 atom stereocenters. The van der Waals surface area contributed by atoms with Crippen LogP contribution >= 0.6 is 0 Å². The highest BCUT2D eigenvalue weighted by atomic mass is 16.3. The van der Waals surface area contributed by atoms with Crippen LogP contribution in [-0.2, 0) is 13.6 Å². The molecule has 0 amide bonds. The van der Waals surface area contributed by atoms with E-state index in [0.29, 0.717) is 6.54 Å². The van der Waals surface area contributed by atoms with Crippen molar-refractivity contribution < 1.29 is 5.11 Å². The third-order valence-electron chi connectivity index (χ3n) is 2.94. The van der Waals surface area contributed by atoms with E-state index in [1.165, 1.54) is 0 Å². The Balaban J connectivity index is 2.21. The molecule has 0 aromatic carbocycles. The maximum Gasteiger partial charge on any atom is 0.0983 e. The van der Waals surface area contributed by atoms with Crippen LogP contribution in [0.5, 0.6) is 0 Å². The average molecular weight is 274 g/mol. The summed E-state index contributed by atoms with van der Waals surface area (Å²) in [7, 11) is 3.91. The van der Waals surface area contributed by atoms with E-state index in [9.17, 15) is 5.11 Å². The van der Waals surface area contributed by atoms with Gasteiger partial charge in [-0.1, -0.05) is 0 Å². The first kappa shape index (κ1) is 14.7. The number of aryl methyl sites for hydroxylation is 1. The second-order valence-corrected chi connectivity index (χ2v) is 5.90. The van der Waals surface area contributed by atoms with Crippen LogP contribution in [0.3, 0.4) is 0 Å². The summed E-state index contributed by atoms with van der Waals surface area (Å²) in [5, 5.41) is 14.4. The van der Waals surface area contributed by atoms with Gasteiger partial charge in [-0.25, -0.2) is 0 Å². The summed E-state index contributed by atoms with van der Waals surface area (Å²) in [5.74, 6) is 0. The van der Waals surface area contributed by atoms with E-state index in [-0.39, 0.29) is 0 Å². The second-order valence-electron chi connectivity index (χ2n) is 5.90. The van der Waals surface area contributed by atoms with Crippen LogP contribution in [0.25, 0.3) is 11.3 Å². The quantitative estimate of drug-likeness (QED) is 0.901. The highest BCUT2D eigenvalue weighted by Crippen LogP contribution is 2.22. The van der Waals surface area contributed by atoms with Crippen molar-refractivity contribution >= 4 is 0 Å². The molecular formula is C15H22N4O. The maximum absolute atomic E-state index is 9.89. The van der Waals surface area contributed by atoms with E-state index < -0.39 is 5.60 Å². The molecule has 0 bridgehead atoms. The van der Waals surface area contributed by atoms with Crippen LogP contribution in [0.15, 0.2) is 30.7 Å². The molecule has 0 saturated heterocycles.